The molecule has 0 saturated heterocycles. The summed E-state index contributed by atoms with van der Waals surface area (Å²) >= 11 is 1.18. The minimum atomic E-state index is -4.02. The summed E-state index contributed by atoms with van der Waals surface area (Å²) in [5.74, 6) is -0.725. The lowest BCUT2D eigenvalue weighted by molar-refractivity contribution is -0.114. The normalized spacial score (nSPS) is 12.4. The second-order valence-electron chi connectivity index (χ2n) is 6.12. The van der Waals surface area contributed by atoms with Gasteiger partial charge in [-0.25, -0.2) is 4.39 Å². The molecule has 0 fully saturated rings. The molecule has 1 amide bonds. The predicted octanol–water partition coefficient (Wildman–Crippen LogP) is 3.13. The number of carbonyl (C=O) groups excluding carboxylic acids is 1. The van der Waals surface area contributed by atoms with E-state index in [9.17, 15) is 17.6 Å². The van der Waals surface area contributed by atoms with Crippen molar-refractivity contribution in [3.05, 3.63) is 53.1 Å². The number of fused-ring (bicyclic) bond motifs is 1. The lowest BCUT2D eigenvalue weighted by Crippen LogP contribution is -2.20. The number of sulfonamides is 1. The molecule has 10 heteroatoms. The van der Waals surface area contributed by atoms with Crippen molar-refractivity contribution in [2.75, 3.05) is 18.5 Å². The van der Waals surface area contributed by atoms with E-state index in [0.29, 0.717) is 25.4 Å². The molecule has 0 saturated carbocycles. The van der Waals surface area contributed by atoms with Crippen LogP contribution in [0.2, 0.25) is 0 Å². The molecule has 29 heavy (non-hydrogen) atoms. The van der Waals surface area contributed by atoms with Gasteiger partial charge in [-0.05, 0) is 49.4 Å². The van der Waals surface area contributed by atoms with Crippen LogP contribution in [0.1, 0.15) is 13.8 Å². The van der Waals surface area contributed by atoms with E-state index in [2.05, 4.69) is 9.71 Å². The summed E-state index contributed by atoms with van der Waals surface area (Å²) in [6.45, 7) is 4.62. The van der Waals surface area contributed by atoms with E-state index < -0.39 is 15.8 Å². The Labute approximate surface area is 171 Å². The SMILES string of the molecule is CCOCCn1c(=NS(=O)(=O)c2ccc(F)cc2)sc2cc(NC(C)=O)ccc21. The van der Waals surface area contributed by atoms with E-state index in [0.717, 1.165) is 22.3 Å². The van der Waals surface area contributed by atoms with Crippen LogP contribution in [0.25, 0.3) is 10.2 Å². The molecule has 2 aromatic carbocycles. The smallest absolute Gasteiger partial charge is 0.285 e. The number of rotatable bonds is 7. The summed E-state index contributed by atoms with van der Waals surface area (Å²) in [6, 6.07) is 9.83. The number of ether oxygens (including phenoxy) is 1. The zero-order chi connectivity index (χ0) is 21.0. The van der Waals surface area contributed by atoms with Gasteiger partial charge >= 0.3 is 0 Å². The fourth-order valence-electron chi connectivity index (χ4n) is 2.70. The molecule has 0 aliphatic carbocycles. The molecule has 7 nitrogen and oxygen atoms in total. The maximum absolute atomic E-state index is 13.1. The number of hydrogen-bond donors (Lipinski definition) is 1. The number of aromatic nitrogens is 1. The molecule has 0 atom stereocenters. The van der Waals surface area contributed by atoms with Gasteiger partial charge < -0.3 is 14.6 Å². The fraction of sp³-hybridized carbons (Fsp3) is 0.263. The van der Waals surface area contributed by atoms with Crippen molar-refractivity contribution in [3.8, 4) is 0 Å². The van der Waals surface area contributed by atoms with E-state index in [4.69, 9.17) is 4.74 Å². The molecule has 3 rings (SSSR count). The van der Waals surface area contributed by atoms with Gasteiger partial charge in [-0.1, -0.05) is 11.3 Å². The number of thiazole rings is 1. The van der Waals surface area contributed by atoms with Gasteiger partial charge in [0.25, 0.3) is 10.0 Å². The highest BCUT2D eigenvalue weighted by atomic mass is 32.2. The maximum atomic E-state index is 13.1. The third-order valence-electron chi connectivity index (χ3n) is 3.98. The number of halogens is 1. The van der Waals surface area contributed by atoms with Gasteiger partial charge in [0.2, 0.25) is 10.7 Å². The first kappa shape index (κ1) is 21.2. The Morgan fingerprint density at radius 3 is 2.62 bits per heavy atom. The number of nitrogens with zero attached hydrogens (tertiary/aromatic N) is 2. The zero-order valence-corrected chi connectivity index (χ0v) is 17.5. The summed E-state index contributed by atoms with van der Waals surface area (Å²) in [6.07, 6.45) is 0. The van der Waals surface area contributed by atoms with Crippen LogP contribution in [0.4, 0.5) is 10.1 Å². The molecular weight excluding hydrogens is 417 g/mol. The topological polar surface area (TPSA) is 89.8 Å². The van der Waals surface area contributed by atoms with E-state index in [1.165, 1.54) is 30.4 Å². The first-order valence-electron chi connectivity index (χ1n) is 8.85. The standard InChI is InChI=1S/C19H20FN3O4S2/c1-3-27-11-10-23-17-9-6-15(21-13(2)24)12-18(17)28-19(23)22-29(25,26)16-7-4-14(20)5-8-16/h4-9,12H,3,10-11H2,1-2H3,(H,21,24). The molecule has 3 aromatic rings. The summed E-state index contributed by atoms with van der Waals surface area (Å²) in [5.41, 5.74) is 1.38. The van der Waals surface area contributed by atoms with Crippen molar-refractivity contribution in [1.82, 2.24) is 4.57 Å². The van der Waals surface area contributed by atoms with Crippen molar-refractivity contribution >= 4 is 43.2 Å². The third kappa shape index (κ3) is 5.08. The van der Waals surface area contributed by atoms with Crippen LogP contribution >= 0.6 is 11.3 Å². The average molecular weight is 438 g/mol. The van der Waals surface area contributed by atoms with Gasteiger partial charge in [0.05, 0.1) is 21.7 Å². The van der Waals surface area contributed by atoms with Crippen molar-refractivity contribution in [1.29, 1.82) is 0 Å². The van der Waals surface area contributed by atoms with Crippen LogP contribution in [0.3, 0.4) is 0 Å². The Morgan fingerprint density at radius 1 is 1.24 bits per heavy atom. The maximum Gasteiger partial charge on any atom is 0.285 e. The molecule has 0 radical (unpaired) electrons. The number of hydrogen-bond acceptors (Lipinski definition) is 5. The molecule has 0 spiro atoms. The molecular formula is C19H20FN3O4S2. The van der Waals surface area contributed by atoms with Crippen LogP contribution in [0.15, 0.2) is 51.8 Å². The van der Waals surface area contributed by atoms with E-state index in [1.54, 1.807) is 22.8 Å². The van der Waals surface area contributed by atoms with Gasteiger partial charge in [0.1, 0.15) is 5.82 Å². The molecule has 1 N–H and O–H groups in total. The first-order chi connectivity index (χ1) is 13.8. The van der Waals surface area contributed by atoms with E-state index in [1.807, 2.05) is 6.92 Å². The second-order valence-corrected chi connectivity index (χ2v) is 8.73. The van der Waals surface area contributed by atoms with Gasteiger partial charge in [0.15, 0.2) is 0 Å². The van der Waals surface area contributed by atoms with Gasteiger partial charge in [-0.2, -0.15) is 8.42 Å². The molecule has 0 aliphatic heterocycles. The number of carbonyl (C=O) groups is 1. The first-order valence-corrected chi connectivity index (χ1v) is 11.1. The van der Waals surface area contributed by atoms with E-state index in [-0.39, 0.29) is 15.6 Å². The Morgan fingerprint density at radius 2 is 1.97 bits per heavy atom. The minimum Gasteiger partial charge on any atom is -0.380 e. The molecule has 0 unspecified atom stereocenters. The Bertz CT molecular complexity index is 1200. The summed E-state index contributed by atoms with van der Waals surface area (Å²) in [5, 5.41) is 2.71. The summed E-state index contributed by atoms with van der Waals surface area (Å²) < 4.78 is 50.5. The van der Waals surface area contributed by atoms with E-state index >= 15 is 0 Å². The molecule has 1 aromatic heterocycles. The zero-order valence-electron chi connectivity index (χ0n) is 15.9. The van der Waals surface area contributed by atoms with Crippen molar-refractivity contribution in [2.24, 2.45) is 4.40 Å². The molecule has 154 valence electrons. The fourth-order valence-corrected chi connectivity index (χ4v) is 5.00. The lowest BCUT2D eigenvalue weighted by atomic mass is 10.3. The van der Waals surface area contributed by atoms with Crippen LogP contribution in [-0.4, -0.2) is 32.1 Å². The summed E-state index contributed by atoms with van der Waals surface area (Å²) in [7, 11) is -4.02. The van der Waals surface area contributed by atoms with Gasteiger partial charge in [-0.3, -0.25) is 4.79 Å². The van der Waals surface area contributed by atoms with Crippen LogP contribution < -0.4 is 10.1 Å². The van der Waals surface area contributed by atoms with Crippen molar-refractivity contribution in [3.63, 3.8) is 0 Å². The molecule has 0 bridgehead atoms. The highest BCUT2D eigenvalue weighted by molar-refractivity contribution is 7.90. The number of amides is 1. The highest BCUT2D eigenvalue weighted by Gasteiger charge is 2.15. The van der Waals surface area contributed by atoms with Crippen molar-refractivity contribution in [2.45, 2.75) is 25.3 Å². The monoisotopic (exact) mass is 437 g/mol. The average Bonchev–Trinajstić information content (AvgIpc) is 2.97. The number of nitrogens with one attached hydrogen (secondary N) is 1. The largest absolute Gasteiger partial charge is 0.380 e. The lowest BCUT2D eigenvalue weighted by Gasteiger charge is -2.06. The quantitative estimate of drug-likeness (QED) is 0.575. The minimum absolute atomic E-state index is 0.0911. The Balaban J connectivity index is 2.12. The Hall–Kier alpha value is -2.56. The summed E-state index contributed by atoms with van der Waals surface area (Å²) in [4.78, 5) is 11.5. The van der Waals surface area contributed by atoms with Crippen LogP contribution in [0, 0.1) is 5.82 Å². The predicted molar refractivity (Wildman–Crippen MR) is 110 cm³/mol. The third-order valence-corrected chi connectivity index (χ3v) is 6.41. The van der Waals surface area contributed by atoms with Gasteiger partial charge in [0, 0.05) is 25.8 Å². The second kappa shape index (κ2) is 8.85. The Kier molecular flexibility index (Phi) is 6.46. The molecule has 0 aliphatic rings. The van der Waals surface area contributed by atoms with Crippen LogP contribution in [-0.2, 0) is 26.1 Å². The van der Waals surface area contributed by atoms with Crippen molar-refractivity contribution < 1.29 is 22.3 Å². The highest BCUT2D eigenvalue weighted by Crippen LogP contribution is 2.23. The molecule has 1 heterocycles. The van der Waals surface area contributed by atoms with Gasteiger partial charge in [-0.15, -0.1) is 4.40 Å². The number of benzene rings is 2. The van der Waals surface area contributed by atoms with Crippen LogP contribution in [0.5, 0.6) is 0 Å². The number of anilines is 1.